The Morgan fingerprint density at radius 2 is 2.03 bits per heavy atom. The SMILES string of the molecule is COc1ccc(F)cc1-c1ccnc2[nH]c(C3CCN(c4ncc(C(=O)O)s4)CC3)cc12. The lowest BCUT2D eigenvalue weighted by molar-refractivity contribution is 0.0702. The van der Waals surface area contributed by atoms with Crippen molar-refractivity contribution < 1.29 is 19.0 Å². The summed E-state index contributed by atoms with van der Waals surface area (Å²) in [5.41, 5.74) is 3.42. The molecule has 5 rings (SSSR count). The number of carbonyl (C=O) groups is 1. The molecule has 0 unspecified atom stereocenters. The first-order chi connectivity index (χ1) is 15.5. The number of methoxy groups -OCH3 is 1. The highest BCUT2D eigenvalue weighted by Gasteiger charge is 2.25. The van der Waals surface area contributed by atoms with Gasteiger partial charge in [0.1, 0.15) is 22.1 Å². The molecule has 1 saturated heterocycles. The van der Waals surface area contributed by atoms with E-state index < -0.39 is 5.97 Å². The van der Waals surface area contributed by atoms with E-state index >= 15 is 0 Å². The van der Waals surface area contributed by atoms with E-state index in [0.717, 1.165) is 53.4 Å². The third kappa shape index (κ3) is 3.69. The molecule has 164 valence electrons. The van der Waals surface area contributed by atoms with E-state index in [1.165, 1.54) is 29.7 Å². The van der Waals surface area contributed by atoms with E-state index in [9.17, 15) is 9.18 Å². The number of thiazole rings is 1. The molecule has 0 amide bonds. The smallest absolute Gasteiger partial charge is 0.347 e. The third-order valence-electron chi connectivity index (χ3n) is 5.91. The van der Waals surface area contributed by atoms with Crippen molar-refractivity contribution in [3.05, 3.63) is 59.1 Å². The average molecular weight is 453 g/mol. The van der Waals surface area contributed by atoms with Gasteiger partial charge < -0.3 is 19.7 Å². The summed E-state index contributed by atoms with van der Waals surface area (Å²) in [4.78, 5) is 25.7. The van der Waals surface area contributed by atoms with Crippen LogP contribution in [0, 0.1) is 5.82 Å². The summed E-state index contributed by atoms with van der Waals surface area (Å²) in [6.45, 7) is 1.59. The van der Waals surface area contributed by atoms with E-state index in [2.05, 4.69) is 25.9 Å². The number of rotatable bonds is 5. The molecule has 0 radical (unpaired) electrons. The zero-order valence-corrected chi connectivity index (χ0v) is 18.2. The van der Waals surface area contributed by atoms with Crippen molar-refractivity contribution in [2.24, 2.45) is 0 Å². The van der Waals surface area contributed by atoms with E-state index in [-0.39, 0.29) is 10.7 Å². The first kappa shape index (κ1) is 20.4. The van der Waals surface area contributed by atoms with Crippen LogP contribution in [-0.2, 0) is 0 Å². The van der Waals surface area contributed by atoms with Gasteiger partial charge in [-0.05, 0) is 48.7 Å². The highest BCUT2D eigenvalue weighted by atomic mass is 32.1. The fourth-order valence-corrected chi connectivity index (χ4v) is 5.09. The quantitative estimate of drug-likeness (QED) is 0.447. The van der Waals surface area contributed by atoms with E-state index in [4.69, 9.17) is 9.84 Å². The lowest BCUT2D eigenvalue weighted by Crippen LogP contribution is -2.32. The molecule has 1 aromatic carbocycles. The Labute approximate surface area is 187 Å². The highest BCUT2D eigenvalue weighted by Crippen LogP contribution is 2.38. The predicted molar refractivity (Wildman–Crippen MR) is 121 cm³/mol. The van der Waals surface area contributed by atoms with Crippen molar-refractivity contribution in [1.82, 2.24) is 15.0 Å². The number of aromatic nitrogens is 3. The van der Waals surface area contributed by atoms with Crippen LogP contribution in [0.1, 0.15) is 34.1 Å². The fraction of sp³-hybridized carbons (Fsp3) is 0.261. The molecule has 2 N–H and O–H groups in total. The van der Waals surface area contributed by atoms with Crippen LogP contribution in [0.5, 0.6) is 5.75 Å². The number of aromatic amines is 1. The number of hydrogen-bond acceptors (Lipinski definition) is 6. The van der Waals surface area contributed by atoms with Crippen LogP contribution in [-0.4, -0.2) is 46.2 Å². The van der Waals surface area contributed by atoms with Crippen molar-refractivity contribution in [1.29, 1.82) is 0 Å². The van der Waals surface area contributed by atoms with Crippen LogP contribution in [0.4, 0.5) is 9.52 Å². The van der Waals surface area contributed by atoms with Gasteiger partial charge in [-0.2, -0.15) is 0 Å². The Bertz CT molecular complexity index is 1290. The second-order valence-corrected chi connectivity index (χ2v) is 8.77. The number of aromatic carboxylic acids is 1. The Hall–Kier alpha value is -3.46. The predicted octanol–water partition coefficient (Wildman–Crippen LogP) is 4.92. The lowest BCUT2D eigenvalue weighted by Gasteiger charge is -2.31. The molecule has 4 aromatic rings. The normalized spacial score (nSPS) is 14.8. The number of H-pyrrole nitrogens is 1. The molecular weight excluding hydrogens is 431 g/mol. The number of anilines is 1. The number of carboxylic acids is 1. The molecule has 1 aliphatic rings. The summed E-state index contributed by atoms with van der Waals surface area (Å²) in [6, 6.07) is 8.49. The molecule has 4 heterocycles. The Morgan fingerprint density at radius 1 is 1.22 bits per heavy atom. The number of hydrogen-bond donors (Lipinski definition) is 2. The summed E-state index contributed by atoms with van der Waals surface area (Å²) in [7, 11) is 1.58. The van der Waals surface area contributed by atoms with Crippen molar-refractivity contribution in [3.8, 4) is 16.9 Å². The summed E-state index contributed by atoms with van der Waals surface area (Å²) in [6.07, 6.45) is 4.95. The molecular formula is C23H21FN4O3S. The van der Waals surface area contributed by atoms with Crippen LogP contribution in [0.25, 0.3) is 22.2 Å². The van der Waals surface area contributed by atoms with E-state index in [1.807, 2.05) is 6.07 Å². The van der Waals surface area contributed by atoms with Gasteiger partial charge in [0, 0.05) is 41.8 Å². The van der Waals surface area contributed by atoms with Gasteiger partial charge in [0.2, 0.25) is 0 Å². The molecule has 1 aliphatic heterocycles. The van der Waals surface area contributed by atoms with Gasteiger partial charge in [-0.15, -0.1) is 0 Å². The minimum absolute atomic E-state index is 0.254. The Kier molecular flexibility index (Phi) is 5.26. The number of nitrogens with zero attached hydrogens (tertiary/aromatic N) is 3. The van der Waals surface area contributed by atoms with Crippen LogP contribution in [0.2, 0.25) is 0 Å². The lowest BCUT2D eigenvalue weighted by atomic mass is 9.93. The molecule has 32 heavy (non-hydrogen) atoms. The Morgan fingerprint density at radius 3 is 2.75 bits per heavy atom. The average Bonchev–Trinajstić information content (AvgIpc) is 3.47. The standard InChI is InChI=1S/C23H21FN4O3S/c1-31-19-3-2-14(24)10-16(19)15-4-7-25-21-17(15)11-18(27-21)13-5-8-28(9-6-13)23-26-12-20(32-23)22(29)30/h2-4,7,10-13H,5-6,8-9H2,1H3,(H,25,27)(H,29,30). The number of benzene rings is 1. The summed E-state index contributed by atoms with van der Waals surface area (Å²) in [5, 5.41) is 10.8. The summed E-state index contributed by atoms with van der Waals surface area (Å²) in [5.74, 6) is -0.331. The van der Waals surface area contributed by atoms with Gasteiger partial charge in [-0.1, -0.05) is 11.3 Å². The molecule has 0 saturated carbocycles. The van der Waals surface area contributed by atoms with Crippen molar-refractivity contribution in [2.45, 2.75) is 18.8 Å². The first-order valence-corrected chi connectivity index (χ1v) is 11.1. The van der Waals surface area contributed by atoms with Crippen molar-refractivity contribution in [2.75, 3.05) is 25.1 Å². The van der Waals surface area contributed by atoms with Crippen LogP contribution >= 0.6 is 11.3 Å². The number of nitrogens with one attached hydrogen (secondary N) is 1. The van der Waals surface area contributed by atoms with Gasteiger partial charge in [0.05, 0.1) is 13.3 Å². The second kappa shape index (κ2) is 8.23. The molecule has 0 bridgehead atoms. The number of fused-ring (bicyclic) bond motifs is 1. The number of halogens is 1. The van der Waals surface area contributed by atoms with E-state index in [1.54, 1.807) is 19.4 Å². The summed E-state index contributed by atoms with van der Waals surface area (Å²) < 4.78 is 19.4. The highest BCUT2D eigenvalue weighted by molar-refractivity contribution is 7.17. The Balaban J connectivity index is 1.40. The maximum absolute atomic E-state index is 14.0. The molecule has 0 spiro atoms. The largest absolute Gasteiger partial charge is 0.496 e. The van der Waals surface area contributed by atoms with Crippen LogP contribution < -0.4 is 9.64 Å². The number of ether oxygens (including phenoxy) is 1. The molecule has 7 nitrogen and oxygen atoms in total. The molecule has 1 fully saturated rings. The van der Waals surface area contributed by atoms with Gasteiger partial charge in [0.25, 0.3) is 0 Å². The molecule has 0 atom stereocenters. The van der Waals surface area contributed by atoms with Gasteiger partial charge in [-0.3, -0.25) is 0 Å². The number of pyridine rings is 1. The third-order valence-corrected chi connectivity index (χ3v) is 6.96. The zero-order chi connectivity index (χ0) is 22.2. The number of piperidine rings is 1. The maximum Gasteiger partial charge on any atom is 0.347 e. The van der Waals surface area contributed by atoms with Crippen LogP contribution in [0.3, 0.4) is 0 Å². The van der Waals surface area contributed by atoms with Crippen molar-refractivity contribution in [3.63, 3.8) is 0 Å². The van der Waals surface area contributed by atoms with Gasteiger partial charge >= 0.3 is 5.97 Å². The minimum atomic E-state index is -0.944. The first-order valence-electron chi connectivity index (χ1n) is 10.3. The topological polar surface area (TPSA) is 91.3 Å². The van der Waals surface area contributed by atoms with Gasteiger partial charge in [0.15, 0.2) is 5.13 Å². The minimum Gasteiger partial charge on any atom is -0.496 e. The maximum atomic E-state index is 14.0. The zero-order valence-electron chi connectivity index (χ0n) is 17.3. The summed E-state index contributed by atoms with van der Waals surface area (Å²) >= 11 is 1.21. The molecule has 0 aliphatic carbocycles. The van der Waals surface area contributed by atoms with Crippen molar-refractivity contribution >= 4 is 33.5 Å². The fourth-order valence-electron chi connectivity index (χ4n) is 4.28. The second-order valence-electron chi connectivity index (χ2n) is 7.76. The molecule has 9 heteroatoms. The van der Waals surface area contributed by atoms with Crippen LogP contribution in [0.15, 0.2) is 42.7 Å². The van der Waals surface area contributed by atoms with E-state index in [0.29, 0.717) is 17.2 Å². The van der Waals surface area contributed by atoms with Gasteiger partial charge in [-0.25, -0.2) is 19.2 Å². The monoisotopic (exact) mass is 452 g/mol. The number of carboxylic acid groups (broad SMARTS) is 1. The molecule has 3 aromatic heterocycles.